The predicted molar refractivity (Wildman–Crippen MR) is 110 cm³/mol. The van der Waals surface area contributed by atoms with Crippen molar-refractivity contribution in [3.63, 3.8) is 0 Å². The van der Waals surface area contributed by atoms with E-state index in [1.807, 2.05) is 6.08 Å². The van der Waals surface area contributed by atoms with E-state index in [2.05, 4.69) is 20.8 Å². The van der Waals surface area contributed by atoms with E-state index in [0.717, 1.165) is 37.7 Å². The number of Topliss-reactive ketones (excluding diaryl/α,β-unsaturated/α-hetero) is 1. The molecule has 30 heavy (non-hydrogen) atoms. The standard InChI is InChI=1S/C25H32O5/c1-13-9-22(28)30-21-12-18-16-11-20(27)19-10-15(29-14(2)26)5-7-24(19,3)17(16)6-8-25(18,4)23(13)21/h10,15-18,21H,5-9,11-12H2,1-4H3/t15?,16?,17?,18?,21?,24-,25+/m1/s1. The van der Waals surface area contributed by atoms with Crippen molar-refractivity contribution in [2.45, 2.75) is 84.8 Å². The number of rotatable bonds is 1. The molecule has 5 rings (SSSR count). The summed E-state index contributed by atoms with van der Waals surface area (Å²) < 4.78 is 11.2. The van der Waals surface area contributed by atoms with E-state index < -0.39 is 0 Å². The van der Waals surface area contributed by atoms with Gasteiger partial charge in [-0.05, 0) is 79.3 Å². The molecule has 162 valence electrons. The topological polar surface area (TPSA) is 69.7 Å². The maximum Gasteiger partial charge on any atom is 0.310 e. The van der Waals surface area contributed by atoms with Gasteiger partial charge in [-0.1, -0.05) is 19.4 Å². The third-order valence-corrected chi connectivity index (χ3v) is 9.15. The van der Waals surface area contributed by atoms with Crippen LogP contribution in [0.5, 0.6) is 0 Å². The minimum atomic E-state index is -0.290. The van der Waals surface area contributed by atoms with Gasteiger partial charge in [-0.2, -0.15) is 0 Å². The molecule has 0 aromatic carbocycles. The Balaban J connectivity index is 1.49. The van der Waals surface area contributed by atoms with Crippen LogP contribution in [0.3, 0.4) is 0 Å². The van der Waals surface area contributed by atoms with E-state index in [1.165, 1.54) is 18.1 Å². The molecule has 0 radical (unpaired) electrons. The number of ether oxygens (including phenoxy) is 2. The monoisotopic (exact) mass is 412 g/mol. The molecule has 5 aliphatic rings. The van der Waals surface area contributed by atoms with Gasteiger partial charge in [-0.3, -0.25) is 14.4 Å². The molecule has 7 atom stereocenters. The molecule has 0 amide bonds. The van der Waals surface area contributed by atoms with Crippen LogP contribution >= 0.6 is 0 Å². The minimum Gasteiger partial charge on any atom is -0.458 e. The van der Waals surface area contributed by atoms with Gasteiger partial charge in [-0.15, -0.1) is 0 Å². The number of hydrogen-bond acceptors (Lipinski definition) is 5. The van der Waals surface area contributed by atoms with Crippen LogP contribution < -0.4 is 0 Å². The maximum atomic E-state index is 13.3. The fourth-order valence-electron chi connectivity index (χ4n) is 8.01. The highest BCUT2D eigenvalue weighted by molar-refractivity contribution is 5.98. The van der Waals surface area contributed by atoms with Gasteiger partial charge in [-0.25, -0.2) is 0 Å². The molecule has 3 fully saturated rings. The first-order valence-corrected chi connectivity index (χ1v) is 11.5. The van der Waals surface area contributed by atoms with E-state index in [0.29, 0.717) is 30.6 Å². The lowest BCUT2D eigenvalue weighted by molar-refractivity contribution is -0.148. The summed E-state index contributed by atoms with van der Waals surface area (Å²) in [5.41, 5.74) is 3.32. The van der Waals surface area contributed by atoms with Gasteiger partial charge in [0.15, 0.2) is 5.78 Å². The smallest absolute Gasteiger partial charge is 0.310 e. The Labute approximate surface area is 178 Å². The Morgan fingerprint density at radius 2 is 1.87 bits per heavy atom. The normalized spacial score (nSPS) is 44.9. The zero-order valence-corrected chi connectivity index (χ0v) is 18.5. The lowest BCUT2D eigenvalue weighted by atomic mass is 9.47. The number of allylic oxidation sites excluding steroid dienone is 1. The summed E-state index contributed by atoms with van der Waals surface area (Å²) in [6.07, 6.45) is 7.24. The second kappa shape index (κ2) is 6.54. The van der Waals surface area contributed by atoms with Crippen molar-refractivity contribution in [2.75, 3.05) is 0 Å². The third kappa shape index (κ3) is 2.69. The summed E-state index contributed by atoms with van der Waals surface area (Å²) in [6.45, 7) is 8.12. The Morgan fingerprint density at radius 1 is 1.13 bits per heavy atom. The van der Waals surface area contributed by atoms with Crippen molar-refractivity contribution >= 4 is 17.7 Å². The molecule has 0 aromatic rings. The summed E-state index contributed by atoms with van der Waals surface area (Å²) in [6, 6.07) is 0. The van der Waals surface area contributed by atoms with E-state index in [1.54, 1.807) is 0 Å². The zero-order chi connectivity index (χ0) is 21.4. The van der Waals surface area contributed by atoms with Crippen molar-refractivity contribution < 1.29 is 23.9 Å². The van der Waals surface area contributed by atoms with Gasteiger partial charge in [0.25, 0.3) is 0 Å². The largest absolute Gasteiger partial charge is 0.458 e. The Bertz CT molecular complexity index is 897. The minimum absolute atomic E-state index is 0.0312. The summed E-state index contributed by atoms with van der Waals surface area (Å²) in [4.78, 5) is 36.8. The third-order valence-electron chi connectivity index (χ3n) is 9.15. The van der Waals surface area contributed by atoms with E-state index in [4.69, 9.17) is 9.47 Å². The number of esters is 2. The van der Waals surface area contributed by atoms with Crippen molar-refractivity contribution in [3.8, 4) is 0 Å². The van der Waals surface area contributed by atoms with Crippen LogP contribution in [0.2, 0.25) is 0 Å². The molecule has 0 N–H and O–H groups in total. The van der Waals surface area contributed by atoms with E-state index in [9.17, 15) is 14.4 Å². The summed E-state index contributed by atoms with van der Waals surface area (Å²) in [7, 11) is 0. The Morgan fingerprint density at radius 3 is 2.60 bits per heavy atom. The average Bonchev–Trinajstić information content (AvgIpc) is 2.95. The lowest BCUT2D eigenvalue weighted by Gasteiger charge is -2.57. The van der Waals surface area contributed by atoms with Crippen molar-refractivity contribution in [2.24, 2.45) is 28.6 Å². The quantitative estimate of drug-likeness (QED) is 0.474. The highest BCUT2D eigenvalue weighted by atomic mass is 16.5. The highest BCUT2D eigenvalue weighted by Crippen LogP contribution is 2.67. The number of ketones is 1. The van der Waals surface area contributed by atoms with Gasteiger partial charge in [0.2, 0.25) is 0 Å². The number of carbonyl (C=O) groups is 3. The van der Waals surface area contributed by atoms with Crippen LogP contribution in [0.4, 0.5) is 0 Å². The summed E-state index contributed by atoms with van der Waals surface area (Å²) >= 11 is 0. The van der Waals surface area contributed by atoms with Gasteiger partial charge < -0.3 is 9.47 Å². The summed E-state index contributed by atoms with van der Waals surface area (Å²) in [5, 5.41) is 0. The van der Waals surface area contributed by atoms with Crippen molar-refractivity contribution in [3.05, 3.63) is 22.8 Å². The van der Waals surface area contributed by atoms with Crippen LogP contribution in [-0.4, -0.2) is 29.9 Å². The van der Waals surface area contributed by atoms with Crippen molar-refractivity contribution in [1.82, 2.24) is 0 Å². The first-order valence-electron chi connectivity index (χ1n) is 11.5. The van der Waals surface area contributed by atoms with E-state index >= 15 is 0 Å². The SMILES string of the molecule is CC(=O)OC1C=C2C(=O)CC3C(CC[C@]4(C)C5=C(C)CC(=O)OC5CC34)[C@@]2(C)CC1. The molecule has 5 nitrogen and oxygen atoms in total. The molecule has 0 bridgehead atoms. The molecule has 4 aliphatic carbocycles. The van der Waals surface area contributed by atoms with Crippen molar-refractivity contribution in [1.29, 1.82) is 0 Å². The Kier molecular flexibility index (Phi) is 4.37. The van der Waals surface area contributed by atoms with Gasteiger partial charge in [0.1, 0.15) is 12.2 Å². The zero-order valence-electron chi connectivity index (χ0n) is 18.5. The molecule has 0 aromatic heterocycles. The van der Waals surface area contributed by atoms with Gasteiger partial charge >= 0.3 is 11.9 Å². The van der Waals surface area contributed by atoms with Crippen LogP contribution in [0.15, 0.2) is 22.8 Å². The maximum absolute atomic E-state index is 13.3. The van der Waals surface area contributed by atoms with Crippen LogP contribution in [-0.2, 0) is 23.9 Å². The Hall–Kier alpha value is -1.91. The molecule has 0 spiro atoms. The first kappa shape index (κ1) is 20.0. The number of carbonyl (C=O) groups excluding carboxylic acids is 3. The molecule has 5 heteroatoms. The highest BCUT2D eigenvalue weighted by Gasteiger charge is 2.62. The molecule has 0 saturated heterocycles. The van der Waals surface area contributed by atoms with Crippen LogP contribution in [0.25, 0.3) is 0 Å². The predicted octanol–water partition coefficient (Wildman–Crippen LogP) is 4.30. The molecule has 5 unspecified atom stereocenters. The molecule has 1 aliphatic heterocycles. The molecule has 3 saturated carbocycles. The molecule has 1 heterocycles. The molecular formula is C25H32O5. The first-order chi connectivity index (χ1) is 14.1. The van der Waals surface area contributed by atoms with Gasteiger partial charge in [0, 0.05) is 18.9 Å². The second-order valence-electron chi connectivity index (χ2n) is 10.7. The lowest BCUT2D eigenvalue weighted by Crippen LogP contribution is -2.52. The average molecular weight is 413 g/mol. The van der Waals surface area contributed by atoms with Gasteiger partial charge in [0.05, 0.1) is 6.42 Å². The fraction of sp³-hybridized carbons (Fsp3) is 0.720. The summed E-state index contributed by atoms with van der Waals surface area (Å²) in [5.74, 6) is 0.980. The fourth-order valence-corrected chi connectivity index (χ4v) is 8.01. The number of fused-ring (bicyclic) bond motifs is 7. The van der Waals surface area contributed by atoms with E-state index in [-0.39, 0.29) is 40.8 Å². The molecular weight excluding hydrogens is 380 g/mol. The van der Waals surface area contributed by atoms with Crippen LogP contribution in [0, 0.1) is 28.6 Å². The second-order valence-corrected chi connectivity index (χ2v) is 10.7. The number of hydrogen-bond donors (Lipinski definition) is 0. The van der Waals surface area contributed by atoms with Crippen LogP contribution in [0.1, 0.15) is 72.6 Å².